The Bertz CT molecular complexity index is 1220. The summed E-state index contributed by atoms with van der Waals surface area (Å²) < 4.78 is 36.7. The van der Waals surface area contributed by atoms with Crippen LogP contribution >= 0.6 is 0 Å². The van der Waals surface area contributed by atoms with E-state index in [9.17, 15) is 28.1 Å². The number of methoxy groups -OCH3 is 2. The normalized spacial score (nSPS) is 11.8. The fourth-order valence-electron chi connectivity index (χ4n) is 3.72. The van der Waals surface area contributed by atoms with Crippen LogP contribution in [0.5, 0.6) is 11.5 Å². The minimum Gasteiger partial charge on any atom is -0.497 e. The Morgan fingerprint density at radius 3 is 2.22 bits per heavy atom. The first-order valence-corrected chi connectivity index (χ1v) is 13.3. The van der Waals surface area contributed by atoms with Crippen LogP contribution in [0.15, 0.2) is 42.5 Å². The molecule has 12 nitrogen and oxygen atoms in total. The summed E-state index contributed by atoms with van der Waals surface area (Å²) in [5.74, 6) is -0.418. The third kappa shape index (κ3) is 7.56. The van der Waals surface area contributed by atoms with Gasteiger partial charge in [0, 0.05) is 25.2 Å². The van der Waals surface area contributed by atoms with Gasteiger partial charge in [0.1, 0.15) is 29.8 Å². The van der Waals surface area contributed by atoms with E-state index in [2.05, 4.69) is 5.32 Å². The van der Waals surface area contributed by atoms with Gasteiger partial charge in [0.15, 0.2) is 0 Å². The number of non-ortho nitro benzene ring substituents is 1. The Balaban J connectivity index is 2.54. The maximum Gasteiger partial charge on any atom is 0.271 e. The molecule has 0 bridgehead atoms. The third-order valence-electron chi connectivity index (χ3n) is 5.57. The molecule has 0 unspecified atom stereocenters. The van der Waals surface area contributed by atoms with Crippen LogP contribution in [0.3, 0.4) is 0 Å². The van der Waals surface area contributed by atoms with E-state index in [1.165, 1.54) is 31.3 Å². The molecule has 0 fully saturated rings. The molecule has 0 saturated carbocycles. The molecule has 202 valence electrons. The van der Waals surface area contributed by atoms with Gasteiger partial charge in [-0.3, -0.25) is 24.0 Å². The lowest BCUT2D eigenvalue weighted by Crippen LogP contribution is -2.52. The molecule has 0 aliphatic heterocycles. The lowest BCUT2D eigenvalue weighted by atomic mass is 10.1. The number of hydrogen-bond acceptors (Lipinski definition) is 8. The molecule has 0 aromatic heterocycles. The molecule has 1 atom stereocenters. The predicted molar refractivity (Wildman–Crippen MR) is 138 cm³/mol. The zero-order chi connectivity index (χ0) is 27.8. The van der Waals surface area contributed by atoms with Crippen molar-refractivity contribution in [1.82, 2.24) is 10.2 Å². The minimum atomic E-state index is -4.10. The monoisotopic (exact) mass is 536 g/mol. The summed E-state index contributed by atoms with van der Waals surface area (Å²) >= 11 is 0. The Morgan fingerprint density at radius 1 is 1.08 bits per heavy atom. The van der Waals surface area contributed by atoms with Crippen LogP contribution in [0.4, 0.5) is 11.4 Å². The third-order valence-corrected chi connectivity index (χ3v) is 6.70. The molecule has 0 spiro atoms. The number of hydrogen-bond donors (Lipinski definition) is 1. The topological polar surface area (TPSA) is 148 Å². The van der Waals surface area contributed by atoms with E-state index >= 15 is 0 Å². The van der Waals surface area contributed by atoms with Crippen molar-refractivity contribution in [1.29, 1.82) is 0 Å². The van der Waals surface area contributed by atoms with Crippen LogP contribution in [0, 0.1) is 10.1 Å². The van der Waals surface area contributed by atoms with Gasteiger partial charge in [0.2, 0.25) is 21.8 Å². The van der Waals surface area contributed by atoms with Gasteiger partial charge in [0.05, 0.1) is 25.4 Å². The summed E-state index contributed by atoms with van der Waals surface area (Å²) in [6.07, 6.45) is 1.15. The highest BCUT2D eigenvalue weighted by Gasteiger charge is 2.33. The predicted octanol–water partition coefficient (Wildman–Crippen LogP) is 2.32. The molecule has 2 aromatic carbocycles. The van der Waals surface area contributed by atoms with Gasteiger partial charge in [-0.1, -0.05) is 19.1 Å². The Kier molecular flexibility index (Phi) is 10.2. The van der Waals surface area contributed by atoms with E-state index in [4.69, 9.17) is 9.47 Å². The van der Waals surface area contributed by atoms with Crippen LogP contribution < -0.4 is 19.1 Å². The van der Waals surface area contributed by atoms with E-state index in [1.807, 2.05) is 0 Å². The number of nitrogens with one attached hydrogen (secondary N) is 1. The zero-order valence-corrected chi connectivity index (χ0v) is 22.3. The number of nitrogens with zero attached hydrogens (tertiary/aromatic N) is 3. The highest BCUT2D eigenvalue weighted by molar-refractivity contribution is 7.92. The van der Waals surface area contributed by atoms with Crippen LogP contribution in [0.1, 0.15) is 25.8 Å². The van der Waals surface area contributed by atoms with Crippen LogP contribution in [0.2, 0.25) is 0 Å². The molecule has 2 rings (SSSR count). The molecule has 0 radical (unpaired) electrons. The maximum atomic E-state index is 13.7. The fourth-order valence-corrected chi connectivity index (χ4v) is 4.57. The number of likely N-dealkylation sites (N-methyl/N-ethyl adjacent to an activating group) is 1. The SMILES string of the molecule is CCNC(=O)[C@@H](CC)N(Cc1ccc(OC)cc1)C(=O)CN(c1cc([N+](=O)[O-])ccc1OC)S(C)(=O)=O. The molecule has 0 aliphatic carbocycles. The number of benzene rings is 2. The van der Waals surface area contributed by atoms with Crippen LogP contribution in [0.25, 0.3) is 0 Å². The van der Waals surface area contributed by atoms with Gasteiger partial charge in [-0.2, -0.15) is 0 Å². The van der Waals surface area contributed by atoms with Gasteiger partial charge in [-0.15, -0.1) is 0 Å². The molecular weight excluding hydrogens is 504 g/mol. The molecule has 37 heavy (non-hydrogen) atoms. The number of amides is 2. The number of anilines is 1. The molecular formula is C24H32N4O8S. The van der Waals surface area contributed by atoms with Crippen molar-refractivity contribution < 1.29 is 32.4 Å². The van der Waals surface area contributed by atoms with Crippen molar-refractivity contribution in [3.63, 3.8) is 0 Å². The summed E-state index contributed by atoms with van der Waals surface area (Å²) in [7, 11) is -1.29. The Labute approximate surface area is 216 Å². The smallest absolute Gasteiger partial charge is 0.271 e. The number of nitro benzene ring substituents is 1. The summed E-state index contributed by atoms with van der Waals surface area (Å²) in [6.45, 7) is 3.15. The van der Waals surface area contributed by atoms with Gasteiger partial charge in [0.25, 0.3) is 5.69 Å². The second-order valence-corrected chi connectivity index (χ2v) is 9.98. The standard InChI is InChI=1S/C24H32N4O8S/c1-6-20(24(30)25-7-2)26(15-17-8-11-19(35-3)12-9-17)23(29)16-27(37(5,33)34)21-14-18(28(31)32)10-13-22(21)36-4/h8-14,20H,6-7,15-16H2,1-5H3,(H,25,30)/t20-/m1/s1. The van der Waals surface area contributed by atoms with Crippen LogP contribution in [-0.2, 0) is 26.2 Å². The largest absolute Gasteiger partial charge is 0.497 e. The lowest BCUT2D eigenvalue weighted by Gasteiger charge is -2.33. The summed E-state index contributed by atoms with van der Waals surface area (Å²) in [5.41, 5.74) is 0.152. The van der Waals surface area contributed by atoms with E-state index in [-0.39, 0.29) is 36.0 Å². The number of carbonyl (C=O) groups is 2. The molecule has 0 saturated heterocycles. The molecule has 2 amide bonds. The van der Waals surface area contributed by atoms with Gasteiger partial charge < -0.3 is 19.7 Å². The quantitative estimate of drug-likeness (QED) is 0.303. The Hall–Kier alpha value is -3.87. The van der Waals surface area contributed by atoms with Crippen molar-refractivity contribution in [2.75, 3.05) is 37.9 Å². The highest BCUT2D eigenvalue weighted by Crippen LogP contribution is 2.34. The highest BCUT2D eigenvalue weighted by atomic mass is 32.2. The molecule has 0 aliphatic rings. The maximum absolute atomic E-state index is 13.7. The number of ether oxygens (including phenoxy) is 2. The second kappa shape index (κ2) is 12.9. The summed E-state index contributed by atoms with van der Waals surface area (Å²) in [5, 5.41) is 14.0. The van der Waals surface area contributed by atoms with E-state index in [0.29, 0.717) is 17.9 Å². The van der Waals surface area contributed by atoms with E-state index in [0.717, 1.165) is 16.6 Å². The molecule has 13 heteroatoms. The lowest BCUT2D eigenvalue weighted by molar-refractivity contribution is -0.384. The summed E-state index contributed by atoms with van der Waals surface area (Å²) in [6, 6.07) is 9.47. The first kappa shape index (κ1) is 29.4. The average molecular weight is 537 g/mol. The first-order valence-electron chi connectivity index (χ1n) is 11.5. The van der Waals surface area contributed by atoms with E-state index in [1.54, 1.807) is 38.1 Å². The minimum absolute atomic E-state index is 0.0160. The van der Waals surface area contributed by atoms with Crippen molar-refractivity contribution in [3.05, 3.63) is 58.1 Å². The van der Waals surface area contributed by atoms with Crippen molar-refractivity contribution in [2.24, 2.45) is 0 Å². The number of carbonyl (C=O) groups excluding carboxylic acids is 2. The number of rotatable bonds is 13. The van der Waals surface area contributed by atoms with Gasteiger partial charge >= 0.3 is 0 Å². The molecule has 2 aromatic rings. The van der Waals surface area contributed by atoms with E-state index < -0.39 is 33.4 Å². The second-order valence-electron chi connectivity index (χ2n) is 8.07. The summed E-state index contributed by atoms with van der Waals surface area (Å²) in [4.78, 5) is 38.5. The van der Waals surface area contributed by atoms with Crippen molar-refractivity contribution >= 4 is 33.2 Å². The van der Waals surface area contributed by atoms with Crippen molar-refractivity contribution in [3.8, 4) is 11.5 Å². The van der Waals surface area contributed by atoms with Crippen molar-refractivity contribution in [2.45, 2.75) is 32.9 Å². The van der Waals surface area contributed by atoms with Gasteiger partial charge in [-0.25, -0.2) is 8.42 Å². The Morgan fingerprint density at radius 2 is 1.73 bits per heavy atom. The number of nitro groups is 1. The molecule has 1 N–H and O–H groups in total. The van der Waals surface area contributed by atoms with Gasteiger partial charge in [-0.05, 0) is 37.1 Å². The average Bonchev–Trinajstić information content (AvgIpc) is 2.86. The first-order chi connectivity index (χ1) is 17.5. The fraction of sp³-hybridized carbons (Fsp3) is 0.417. The van der Waals surface area contributed by atoms with Crippen LogP contribution in [-0.4, -0.2) is 69.7 Å². The zero-order valence-electron chi connectivity index (χ0n) is 21.5. The molecule has 0 heterocycles. The number of sulfonamides is 1.